The van der Waals surface area contributed by atoms with Gasteiger partial charge >= 0.3 is 0 Å². The quantitative estimate of drug-likeness (QED) is 0.339. The highest BCUT2D eigenvalue weighted by Gasteiger charge is 2.42. The summed E-state index contributed by atoms with van der Waals surface area (Å²) in [6.07, 6.45) is 2.36. The van der Waals surface area contributed by atoms with E-state index in [0.29, 0.717) is 16.6 Å². The highest BCUT2D eigenvalue weighted by molar-refractivity contribution is 7.04. The van der Waals surface area contributed by atoms with Gasteiger partial charge < -0.3 is 0 Å². The molecule has 0 amide bonds. The first-order valence-electron chi connectivity index (χ1n) is 11.0. The van der Waals surface area contributed by atoms with E-state index in [1.165, 1.54) is 15.9 Å². The molecule has 29 heavy (non-hydrogen) atoms. The smallest absolute Gasteiger partial charge is 0.136 e. The summed E-state index contributed by atoms with van der Waals surface area (Å²) in [6.45, 7) is 19.1. The van der Waals surface area contributed by atoms with Gasteiger partial charge in [0, 0.05) is 0 Å². The maximum Gasteiger partial charge on any atom is 0.191 e. The summed E-state index contributed by atoms with van der Waals surface area (Å²) in [5, 5.41) is 2.85. The first kappa shape index (κ1) is 23.5. The molecule has 0 heterocycles. The lowest BCUT2D eigenvalue weighted by molar-refractivity contribution is 0.838. The summed E-state index contributed by atoms with van der Waals surface area (Å²) in [7, 11) is -3.89. The first-order chi connectivity index (χ1) is 13.6. The van der Waals surface area contributed by atoms with Gasteiger partial charge in [0.25, 0.3) is 0 Å². The molecule has 0 aliphatic carbocycles. The van der Waals surface area contributed by atoms with Gasteiger partial charge in [-0.2, -0.15) is 0 Å². The molecule has 0 N–H and O–H groups in total. The Labute approximate surface area is 181 Å². The molecule has 0 radical (unpaired) electrons. The number of hydrogen-bond acceptors (Lipinski definition) is 0. The average molecular weight is 419 g/mol. The molecule has 0 aliphatic rings. The maximum atomic E-state index is 4.05. The average Bonchev–Trinajstić information content (AvgIpc) is 2.68. The summed E-state index contributed by atoms with van der Waals surface area (Å²) >= 11 is 0. The van der Waals surface area contributed by atoms with E-state index in [4.69, 9.17) is 0 Å². The topological polar surface area (TPSA) is 0 Å². The number of hydrogen-bond donors (Lipinski definition) is 0. The van der Waals surface area contributed by atoms with Crippen molar-refractivity contribution in [3.8, 4) is 11.1 Å². The van der Waals surface area contributed by atoms with Crippen LogP contribution in [0, 0.1) is 11.1 Å². The van der Waals surface area contributed by atoms with E-state index in [1.54, 1.807) is 0 Å². The van der Waals surface area contributed by atoms with Crippen molar-refractivity contribution in [1.29, 1.82) is 0 Å². The minimum atomic E-state index is -2.12. The van der Waals surface area contributed by atoms with E-state index >= 15 is 0 Å². The standard InChI is InChI=1S/C27H38Si2/c1-22(2)29(23(3)4,24(5)6)20-19-28(8,27-17-13-10-14-18-27)25(7)21-26-15-11-9-12-16-26/h9-18,21-24H,1-8H3. The minimum Gasteiger partial charge on any atom is -0.136 e. The third-order valence-electron chi connectivity index (χ3n) is 6.72. The Balaban J connectivity index is 2.68. The zero-order valence-electron chi connectivity index (χ0n) is 19.6. The summed E-state index contributed by atoms with van der Waals surface area (Å²) in [5.41, 5.74) is 11.3. The fourth-order valence-corrected chi connectivity index (χ4v) is 13.6. The Morgan fingerprint density at radius 3 is 1.62 bits per heavy atom. The van der Waals surface area contributed by atoms with Crippen LogP contribution in [0.15, 0.2) is 65.9 Å². The Kier molecular flexibility index (Phi) is 7.91. The molecule has 0 spiro atoms. The van der Waals surface area contributed by atoms with Crippen molar-refractivity contribution >= 4 is 27.4 Å². The van der Waals surface area contributed by atoms with Gasteiger partial charge in [-0.25, -0.2) is 0 Å². The highest BCUT2D eigenvalue weighted by Crippen LogP contribution is 2.41. The summed E-state index contributed by atoms with van der Waals surface area (Å²) in [6, 6.07) is 21.7. The van der Waals surface area contributed by atoms with Crippen LogP contribution in [-0.2, 0) is 0 Å². The molecule has 2 aromatic carbocycles. The van der Waals surface area contributed by atoms with Gasteiger partial charge in [-0.15, -0.1) is 11.1 Å². The molecule has 1 unspecified atom stereocenters. The monoisotopic (exact) mass is 418 g/mol. The molecule has 0 bridgehead atoms. The Bertz CT molecular complexity index is 845. The van der Waals surface area contributed by atoms with Crippen LogP contribution in [0.4, 0.5) is 0 Å². The van der Waals surface area contributed by atoms with Crippen molar-refractivity contribution in [2.75, 3.05) is 0 Å². The van der Waals surface area contributed by atoms with Crippen LogP contribution in [0.3, 0.4) is 0 Å². The zero-order valence-corrected chi connectivity index (χ0v) is 21.6. The van der Waals surface area contributed by atoms with Gasteiger partial charge in [-0.3, -0.25) is 0 Å². The molecule has 154 valence electrons. The molecule has 0 saturated carbocycles. The molecule has 0 nitrogen and oxygen atoms in total. The lowest BCUT2D eigenvalue weighted by Crippen LogP contribution is -2.48. The van der Waals surface area contributed by atoms with Crippen LogP contribution in [0.5, 0.6) is 0 Å². The summed E-state index contributed by atoms with van der Waals surface area (Å²) < 4.78 is 0. The predicted molar refractivity (Wildman–Crippen MR) is 137 cm³/mol. The van der Waals surface area contributed by atoms with Gasteiger partial charge in [-0.1, -0.05) is 120 Å². The molecule has 1 atom stereocenters. The SMILES string of the molecule is CC(=Cc1ccccc1)[Si](C)(C#C[Si](C(C)C)(C(C)C)C(C)C)c1ccccc1. The van der Waals surface area contributed by atoms with Crippen molar-refractivity contribution < 1.29 is 0 Å². The molecular formula is C27H38Si2. The lowest BCUT2D eigenvalue weighted by Gasteiger charge is -2.38. The molecule has 0 saturated heterocycles. The molecule has 2 heteroatoms. The van der Waals surface area contributed by atoms with E-state index in [9.17, 15) is 0 Å². The van der Waals surface area contributed by atoms with E-state index in [0.717, 1.165) is 0 Å². The third kappa shape index (κ3) is 5.02. The third-order valence-corrected chi connectivity index (χ3v) is 17.1. The maximum absolute atomic E-state index is 4.05. The van der Waals surface area contributed by atoms with Crippen molar-refractivity contribution in [2.45, 2.75) is 71.6 Å². The molecule has 0 fully saturated rings. The van der Waals surface area contributed by atoms with E-state index in [2.05, 4.69) is 133 Å². The van der Waals surface area contributed by atoms with Crippen LogP contribution < -0.4 is 5.19 Å². The molecule has 0 aliphatic heterocycles. The van der Waals surface area contributed by atoms with Crippen LogP contribution in [0.25, 0.3) is 6.08 Å². The van der Waals surface area contributed by atoms with Crippen molar-refractivity contribution in [3.05, 3.63) is 71.4 Å². The molecule has 2 rings (SSSR count). The van der Waals surface area contributed by atoms with Gasteiger partial charge in [0.1, 0.15) is 8.07 Å². The van der Waals surface area contributed by atoms with Crippen molar-refractivity contribution in [3.63, 3.8) is 0 Å². The van der Waals surface area contributed by atoms with Gasteiger partial charge in [-0.05, 0) is 34.3 Å². The van der Waals surface area contributed by atoms with Gasteiger partial charge in [0.15, 0.2) is 8.07 Å². The fraction of sp³-hybridized carbons (Fsp3) is 0.407. The number of benzene rings is 2. The molecule has 2 aromatic rings. The van der Waals surface area contributed by atoms with Crippen molar-refractivity contribution in [2.24, 2.45) is 0 Å². The van der Waals surface area contributed by atoms with E-state index < -0.39 is 16.1 Å². The normalized spacial score (nSPS) is 14.7. The minimum absolute atomic E-state index is 0.655. The highest BCUT2D eigenvalue weighted by atomic mass is 28.3. The largest absolute Gasteiger partial charge is 0.191 e. The fourth-order valence-electron chi connectivity index (χ4n) is 4.78. The van der Waals surface area contributed by atoms with Crippen LogP contribution in [0.1, 0.15) is 54.0 Å². The Hall–Kier alpha value is -1.83. The first-order valence-corrected chi connectivity index (χ1v) is 15.7. The lowest BCUT2D eigenvalue weighted by atomic mass is 10.2. The number of allylic oxidation sites excluding steroid dienone is 1. The van der Waals surface area contributed by atoms with Gasteiger partial charge in [0.2, 0.25) is 0 Å². The number of rotatable bonds is 6. The van der Waals surface area contributed by atoms with Crippen LogP contribution >= 0.6 is 0 Å². The van der Waals surface area contributed by atoms with Gasteiger partial charge in [0.05, 0.1) is 0 Å². The Morgan fingerprint density at radius 2 is 1.17 bits per heavy atom. The second kappa shape index (κ2) is 9.78. The van der Waals surface area contributed by atoms with Crippen molar-refractivity contribution in [1.82, 2.24) is 0 Å². The van der Waals surface area contributed by atoms with E-state index in [1.807, 2.05) is 0 Å². The van der Waals surface area contributed by atoms with Crippen LogP contribution in [-0.4, -0.2) is 16.1 Å². The summed E-state index contributed by atoms with van der Waals surface area (Å²) in [4.78, 5) is 0. The van der Waals surface area contributed by atoms with Crippen LogP contribution in [0.2, 0.25) is 23.2 Å². The second-order valence-electron chi connectivity index (χ2n) is 9.38. The Morgan fingerprint density at radius 1 is 0.724 bits per heavy atom. The molecular weight excluding hydrogens is 380 g/mol. The van der Waals surface area contributed by atoms with E-state index in [-0.39, 0.29) is 0 Å². The molecule has 0 aromatic heterocycles. The zero-order chi connectivity index (χ0) is 21.7. The summed E-state index contributed by atoms with van der Waals surface area (Å²) in [5.74, 6) is 0. The second-order valence-corrected chi connectivity index (χ2v) is 18.8. The predicted octanol–water partition coefficient (Wildman–Crippen LogP) is 7.38.